The number of nitro groups is 1. The number of benzene rings is 2. The lowest BCUT2D eigenvalue weighted by Crippen LogP contribution is -2.25. The number of nitrogens with zero attached hydrogens (tertiary/aromatic N) is 1. The number of rotatable bonds is 8. The highest BCUT2D eigenvalue weighted by Gasteiger charge is 2.30. The van der Waals surface area contributed by atoms with Crippen LogP contribution in [0.15, 0.2) is 58.6 Å². The van der Waals surface area contributed by atoms with Gasteiger partial charge in [0, 0.05) is 40.8 Å². The summed E-state index contributed by atoms with van der Waals surface area (Å²) in [5, 5.41) is 16.2. The third kappa shape index (κ3) is 7.80. The minimum Gasteiger partial charge on any atom is -0.352 e. The second kappa shape index (κ2) is 10.9. The molecule has 170 valence electrons. The Morgan fingerprint density at radius 3 is 2.16 bits per heavy atom. The minimum absolute atomic E-state index is 0.0420. The summed E-state index contributed by atoms with van der Waals surface area (Å²) in [6.45, 7) is 1.04. The summed E-state index contributed by atoms with van der Waals surface area (Å²) in [6, 6.07) is 11.2. The van der Waals surface area contributed by atoms with Crippen molar-refractivity contribution in [1.29, 1.82) is 0 Å². The van der Waals surface area contributed by atoms with E-state index in [1.54, 1.807) is 30.3 Å². The number of carbonyl (C=O) groups is 2. The Bertz CT molecular complexity index is 1040. The Morgan fingerprint density at radius 2 is 1.62 bits per heavy atom. The van der Waals surface area contributed by atoms with E-state index in [1.807, 2.05) is 0 Å². The molecule has 2 aromatic carbocycles. The molecule has 0 aromatic heterocycles. The zero-order valence-corrected chi connectivity index (χ0v) is 18.4. The van der Waals surface area contributed by atoms with Gasteiger partial charge in [0.2, 0.25) is 11.8 Å². The van der Waals surface area contributed by atoms with Crippen molar-refractivity contribution in [3.05, 3.63) is 85.4 Å². The highest BCUT2D eigenvalue weighted by Crippen LogP contribution is 2.25. The third-order valence-corrected chi connectivity index (χ3v) is 4.86. The number of nitrogens with one attached hydrogen (secondary N) is 2. The molecule has 0 bridgehead atoms. The maximum atomic E-state index is 12.4. The van der Waals surface area contributed by atoms with Crippen LogP contribution in [0.1, 0.15) is 23.6 Å². The van der Waals surface area contributed by atoms with Gasteiger partial charge in [0.25, 0.3) is 5.69 Å². The van der Waals surface area contributed by atoms with Crippen LogP contribution in [0.2, 0.25) is 0 Å². The Hall–Kier alpha value is -3.21. The summed E-state index contributed by atoms with van der Waals surface area (Å²) in [5.41, 5.74) is 0.552. The van der Waals surface area contributed by atoms with Gasteiger partial charge in [0.1, 0.15) is 0 Å². The average Bonchev–Trinajstić information content (AvgIpc) is 2.72. The van der Waals surface area contributed by atoms with Gasteiger partial charge in [-0.1, -0.05) is 46.3 Å². The van der Waals surface area contributed by atoms with Crippen LogP contribution in [-0.2, 0) is 29.1 Å². The maximum absolute atomic E-state index is 12.4. The van der Waals surface area contributed by atoms with Gasteiger partial charge in [-0.3, -0.25) is 19.7 Å². The molecule has 0 heterocycles. The number of nitro benzene ring substituents is 1. The number of allylic oxidation sites excluding steroid dienone is 1. The molecule has 32 heavy (non-hydrogen) atoms. The quantitative estimate of drug-likeness (QED) is 0.311. The van der Waals surface area contributed by atoms with Crippen molar-refractivity contribution in [3.8, 4) is 0 Å². The van der Waals surface area contributed by atoms with Crippen LogP contribution in [0.5, 0.6) is 0 Å². The molecule has 0 saturated carbocycles. The van der Waals surface area contributed by atoms with Gasteiger partial charge in [-0.25, -0.2) is 0 Å². The molecular weight excluding hydrogens is 495 g/mol. The number of halogens is 4. The first kappa shape index (κ1) is 25.1. The first-order chi connectivity index (χ1) is 15.0. The van der Waals surface area contributed by atoms with Crippen LogP contribution < -0.4 is 10.6 Å². The average molecular weight is 514 g/mol. The van der Waals surface area contributed by atoms with Crippen molar-refractivity contribution in [2.24, 2.45) is 0 Å². The predicted molar refractivity (Wildman–Crippen MR) is 114 cm³/mol. The summed E-state index contributed by atoms with van der Waals surface area (Å²) >= 11 is 3.16. The fourth-order valence-corrected chi connectivity index (χ4v) is 2.94. The van der Waals surface area contributed by atoms with Crippen molar-refractivity contribution in [2.75, 3.05) is 0 Å². The molecule has 2 N–H and O–H groups in total. The second-order valence-corrected chi connectivity index (χ2v) is 7.76. The largest absolute Gasteiger partial charge is 0.412 e. The fraction of sp³-hybridized carbons (Fsp3) is 0.238. The molecule has 11 heteroatoms. The highest BCUT2D eigenvalue weighted by atomic mass is 79.9. The molecular formula is C21H19BrF3N3O4. The molecule has 2 rings (SSSR count). The van der Waals surface area contributed by atoms with E-state index in [0.717, 1.165) is 12.5 Å². The first-order valence-corrected chi connectivity index (χ1v) is 10.1. The van der Waals surface area contributed by atoms with Gasteiger partial charge in [0.05, 0.1) is 11.3 Å². The monoisotopic (exact) mass is 513 g/mol. The van der Waals surface area contributed by atoms with E-state index in [0.29, 0.717) is 16.1 Å². The summed E-state index contributed by atoms with van der Waals surface area (Å²) in [4.78, 5) is 34.3. The second-order valence-electron chi connectivity index (χ2n) is 6.84. The van der Waals surface area contributed by atoms with Crippen LogP contribution in [0, 0.1) is 10.1 Å². The van der Waals surface area contributed by atoms with Crippen LogP contribution >= 0.6 is 15.9 Å². The van der Waals surface area contributed by atoms with Crippen LogP contribution in [-0.4, -0.2) is 22.9 Å². The molecule has 7 nitrogen and oxygen atoms in total. The Balaban J connectivity index is 1.86. The minimum atomic E-state index is -4.55. The van der Waals surface area contributed by atoms with Crippen molar-refractivity contribution in [1.82, 2.24) is 10.6 Å². The molecule has 2 aromatic rings. The number of hydrogen-bond donors (Lipinski definition) is 2. The van der Waals surface area contributed by atoms with E-state index in [4.69, 9.17) is 0 Å². The van der Waals surface area contributed by atoms with Crippen LogP contribution in [0.25, 0.3) is 0 Å². The Labute approximate surface area is 190 Å². The summed E-state index contributed by atoms with van der Waals surface area (Å²) in [5.74, 6) is -1.24. The fourth-order valence-electron chi connectivity index (χ4n) is 2.59. The molecule has 0 fully saturated rings. The lowest BCUT2D eigenvalue weighted by molar-refractivity contribution is -0.385. The van der Waals surface area contributed by atoms with E-state index in [1.165, 1.54) is 12.1 Å². The van der Waals surface area contributed by atoms with Gasteiger partial charge in [-0.2, -0.15) is 13.2 Å². The van der Waals surface area contributed by atoms with Crippen LogP contribution in [0.3, 0.4) is 0 Å². The van der Waals surface area contributed by atoms with E-state index >= 15 is 0 Å². The van der Waals surface area contributed by atoms with Gasteiger partial charge in [0.15, 0.2) is 0 Å². The number of carbonyl (C=O) groups excluding carboxylic acids is 2. The third-order valence-electron chi connectivity index (χ3n) is 4.37. The predicted octanol–water partition coefficient (Wildman–Crippen LogP) is 4.34. The standard InChI is InChI=1S/C21H19BrF3N3O4/c1-13(21(23,24)25)8-19(29)26-11-14-2-4-15(5-3-14)12-27-20(30)9-16-6-7-17(22)10-18(16)28(31)32/h2-8,10H,9,11-12H2,1H3,(H,26,29)(H,27,30)/b13-8+. The molecule has 0 unspecified atom stereocenters. The van der Waals surface area contributed by atoms with Crippen molar-refractivity contribution >= 4 is 33.4 Å². The molecule has 0 aliphatic rings. The van der Waals surface area contributed by atoms with Gasteiger partial charge in [-0.15, -0.1) is 0 Å². The van der Waals surface area contributed by atoms with E-state index < -0.39 is 28.5 Å². The summed E-state index contributed by atoms with van der Waals surface area (Å²) in [6.07, 6.45) is -4.20. The van der Waals surface area contributed by atoms with Gasteiger partial charge >= 0.3 is 6.18 Å². The molecule has 0 aliphatic heterocycles. The first-order valence-electron chi connectivity index (χ1n) is 9.26. The zero-order valence-electron chi connectivity index (χ0n) is 16.8. The topological polar surface area (TPSA) is 101 Å². The SMILES string of the molecule is C/C(=C\C(=O)NCc1ccc(CNC(=O)Cc2ccc(Br)cc2[N+](=O)[O-])cc1)C(F)(F)F. The molecule has 0 atom stereocenters. The van der Waals surface area contributed by atoms with E-state index in [9.17, 15) is 32.9 Å². The number of hydrogen-bond acceptors (Lipinski definition) is 4. The van der Waals surface area contributed by atoms with Gasteiger partial charge in [-0.05, 0) is 24.1 Å². The molecule has 2 amide bonds. The Morgan fingerprint density at radius 1 is 1.06 bits per heavy atom. The normalized spacial score (nSPS) is 11.7. The Kier molecular flexibility index (Phi) is 8.53. The molecule has 0 saturated heterocycles. The molecule has 0 spiro atoms. The maximum Gasteiger partial charge on any atom is 0.412 e. The highest BCUT2D eigenvalue weighted by molar-refractivity contribution is 9.10. The van der Waals surface area contributed by atoms with Crippen molar-refractivity contribution in [2.45, 2.75) is 32.6 Å². The summed E-state index contributed by atoms with van der Waals surface area (Å²) in [7, 11) is 0. The summed E-state index contributed by atoms with van der Waals surface area (Å²) < 4.78 is 37.8. The smallest absolute Gasteiger partial charge is 0.352 e. The molecule has 0 aliphatic carbocycles. The van der Waals surface area contributed by atoms with Gasteiger partial charge < -0.3 is 10.6 Å². The number of alkyl halides is 3. The van der Waals surface area contributed by atoms with E-state index in [2.05, 4.69) is 26.6 Å². The van der Waals surface area contributed by atoms with Crippen LogP contribution in [0.4, 0.5) is 18.9 Å². The zero-order chi connectivity index (χ0) is 23.9. The lowest BCUT2D eigenvalue weighted by Gasteiger charge is -2.09. The lowest BCUT2D eigenvalue weighted by atomic mass is 10.1. The van der Waals surface area contributed by atoms with E-state index in [-0.39, 0.29) is 30.8 Å². The van der Waals surface area contributed by atoms with Crippen molar-refractivity contribution in [3.63, 3.8) is 0 Å². The molecule has 0 radical (unpaired) electrons. The van der Waals surface area contributed by atoms with Crippen molar-refractivity contribution < 1.29 is 27.7 Å². The number of amides is 2.